The van der Waals surface area contributed by atoms with Crippen molar-refractivity contribution in [2.75, 3.05) is 11.9 Å². The summed E-state index contributed by atoms with van der Waals surface area (Å²) >= 11 is 6.47. The summed E-state index contributed by atoms with van der Waals surface area (Å²) in [6.07, 6.45) is 2.33. The smallest absolute Gasteiger partial charge is 0.266 e. The standard InChI is InChI=1S/C20H17FN2O3S2/c21-14-6-8-15(9-7-14)22-18(25)5-2-10-23-19(26)17(28-20(23)27)12-13-3-1-4-16(24)11-13/h1,3-4,6-9,11-12,24H,2,5,10H2,(H,22,25)/b17-12-. The van der Waals surface area contributed by atoms with Gasteiger partial charge in [-0.2, -0.15) is 0 Å². The van der Waals surface area contributed by atoms with Gasteiger partial charge in [0.2, 0.25) is 5.91 Å². The number of benzene rings is 2. The van der Waals surface area contributed by atoms with Crippen molar-refractivity contribution >= 4 is 51.9 Å². The topological polar surface area (TPSA) is 69.6 Å². The molecular formula is C20H17FN2O3S2. The van der Waals surface area contributed by atoms with Gasteiger partial charge in [0.15, 0.2) is 0 Å². The first-order chi connectivity index (χ1) is 13.4. The first-order valence-electron chi connectivity index (χ1n) is 8.52. The molecule has 0 unspecified atom stereocenters. The summed E-state index contributed by atoms with van der Waals surface area (Å²) in [5.74, 6) is -0.674. The number of hydrogen-bond acceptors (Lipinski definition) is 5. The highest BCUT2D eigenvalue weighted by Gasteiger charge is 2.31. The fraction of sp³-hybridized carbons (Fsp3) is 0.150. The van der Waals surface area contributed by atoms with Crippen LogP contribution >= 0.6 is 24.0 Å². The van der Waals surface area contributed by atoms with Gasteiger partial charge in [0.1, 0.15) is 15.9 Å². The highest BCUT2D eigenvalue weighted by Crippen LogP contribution is 2.33. The molecule has 0 aromatic heterocycles. The van der Waals surface area contributed by atoms with Gasteiger partial charge in [-0.3, -0.25) is 14.5 Å². The quantitative estimate of drug-likeness (QED) is 0.547. The number of thioether (sulfide) groups is 1. The number of phenols is 1. The van der Waals surface area contributed by atoms with Crippen molar-refractivity contribution in [3.63, 3.8) is 0 Å². The maximum atomic E-state index is 12.9. The summed E-state index contributed by atoms with van der Waals surface area (Å²) < 4.78 is 13.3. The molecular weight excluding hydrogens is 399 g/mol. The van der Waals surface area contributed by atoms with Crippen LogP contribution in [0.15, 0.2) is 53.4 Å². The van der Waals surface area contributed by atoms with Gasteiger partial charge < -0.3 is 10.4 Å². The van der Waals surface area contributed by atoms with Crippen LogP contribution in [-0.4, -0.2) is 32.7 Å². The number of amides is 2. The van der Waals surface area contributed by atoms with Crippen LogP contribution in [0.5, 0.6) is 5.75 Å². The highest BCUT2D eigenvalue weighted by atomic mass is 32.2. The summed E-state index contributed by atoms with van der Waals surface area (Å²) in [6, 6.07) is 12.1. The lowest BCUT2D eigenvalue weighted by atomic mass is 10.2. The minimum atomic E-state index is -0.369. The fourth-order valence-corrected chi connectivity index (χ4v) is 3.92. The predicted molar refractivity (Wildman–Crippen MR) is 112 cm³/mol. The maximum Gasteiger partial charge on any atom is 0.266 e. The zero-order valence-electron chi connectivity index (χ0n) is 14.7. The number of nitrogens with one attached hydrogen (secondary N) is 1. The van der Waals surface area contributed by atoms with E-state index in [1.54, 1.807) is 30.3 Å². The molecule has 0 aliphatic carbocycles. The Morgan fingerprint density at radius 1 is 1.25 bits per heavy atom. The summed E-state index contributed by atoms with van der Waals surface area (Å²) in [6.45, 7) is 0.332. The minimum Gasteiger partial charge on any atom is -0.508 e. The number of aromatic hydroxyl groups is 1. The molecule has 2 aromatic rings. The summed E-state index contributed by atoms with van der Waals surface area (Å²) in [5.41, 5.74) is 1.23. The molecule has 5 nitrogen and oxygen atoms in total. The van der Waals surface area contributed by atoms with Gasteiger partial charge >= 0.3 is 0 Å². The second-order valence-electron chi connectivity index (χ2n) is 6.09. The average Bonchev–Trinajstić information content (AvgIpc) is 2.91. The van der Waals surface area contributed by atoms with Crippen LogP contribution in [0.25, 0.3) is 6.08 Å². The van der Waals surface area contributed by atoms with Crippen molar-refractivity contribution in [3.8, 4) is 5.75 Å². The number of nitrogens with zero attached hydrogens (tertiary/aromatic N) is 1. The molecule has 8 heteroatoms. The third-order valence-electron chi connectivity index (χ3n) is 3.96. The lowest BCUT2D eigenvalue weighted by Gasteiger charge is -2.14. The third kappa shape index (κ3) is 5.17. The van der Waals surface area contributed by atoms with Gasteiger partial charge in [-0.1, -0.05) is 36.1 Å². The van der Waals surface area contributed by atoms with Crippen LogP contribution in [0.2, 0.25) is 0 Å². The number of rotatable bonds is 6. The van der Waals surface area contributed by atoms with E-state index in [-0.39, 0.29) is 29.8 Å². The van der Waals surface area contributed by atoms with Gasteiger partial charge in [-0.15, -0.1) is 0 Å². The van der Waals surface area contributed by atoms with Crippen molar-refractivity contribution in [1.29, 1.82) is 0 Å². The Labute approximate surface area is 171 Å². The van der Waals surface area contributed by atoms with Crippen LogP contribution in [0.4, 0.5) is 10.1 Å². The van der Waals surface area contributed by atoms with Crippen LogP contribution in [-0.2, 0) is 9.59 Å². The van der Waals surface area contributed by atoms with E-state index < -0.39 is 0 Å². The van der Waals surface area contributed by atoms with E-state index in [1.807, 2.05) is 0 Å². The molecule has 144 valence electrons. The molecule has 1 aliphatic heterocycles. The third-order valence-corrected chi connectivity index (χ3v) is 5.33. The molecule has 3 rings (SSSR count). The Hall–Kier alpha value is -2.71. The molecule has 2 amide bonds. The van der Waals surface area contributed by atoms with E-state index in [2.05, 4.69) is 5.32 Å². The van der Waals surface area contributed by atoms with Gasteiger partial charge in [-0.05, 0) is 54.5 Å². The second kappa shape index (κ2) is 8.99. The van der Waals surface area contributed by atoms with E-state index in [4.69, 9.17) is 12.2 Å². The number of carbonyl (C=O) groups is 2. The molecule has 1 saturated heterocycles. The van der Waals surface area contributed by atoms with Gasteiger partial charge in [0.25, 0.3) is 5.91 Å². The molecule has 28 heavy (non-hydrogen) atoms. The molecule has 0 spiro atoms. The molecule has 1 fully saturated rings. The van der Waals surface area contributed by atoms with Crippen LogP contribution < -0.4 is 5.32 Å². The van der Waals surface area contributed by atoms with E-state index in [0.717, 1.165) is 0 Å². The monoisotopic (exact) mass is 416 g/mol. The van der Waals surface area contributed by atoms with E-state index in [0.29, 0.717) is 33.4 Å². The molecule has 0 atom stereocenters. The molecule has 2 aromatic carbocycles. The Morgan fingerprint density at radius 3 is 2.71 bits per heavy atom. The molecule has 0 bridgehead atoms. The first-order valence-corrected chi connectivity index (χ1v) is 9.75. The average molecular weight is 416 g/mol. The number of hydrogen-bond donors (Lipinski definition) is 2. The lowest BCUT2D eigenvalue weighted by molar-refractivity contribution is -0.122. The number of carbonyl (C=O) groups excluding carboxylic acids is 2. The van der Waals surface area contributed by atoms with Crippen LogP contribution in [0.1, 0.15) is 18.4 Å². The summed E-state index contributed by atoms with van der Waals surface area (Å²) in [5, 5.41) is 12.2. The number of thiocarbonyl (C=S) groups is 1. The SMILES string of the molecule is O=C(CCCN1C(=O)/C(=C/c2cccc(O)c2)SC1=S)Nc1ccc(F)cc1. The minimum absolute atomic E-state index is 0.122. The Kier molecular flexibility index (Phi) is 6.43. The maximum absolute atomic E-state index is 12.9. The van der Waals surface area contributed by atoms with Crippen LogP contribution in [0.3, 0.4) is 0 Å². The zero-order valence-corrected chi connectivity index (χ0v) is 16.4. The normalized spacial score (nSPS) is 15.3. The van der Waals surface area contributed by atoms with E-state index >= 15 is 0 Å². The van der Waals surface area contributed by atoms with Crippen molar-refractivity contribution in [2.45, 2.75) is 12.8 Å². The number of halogens is 1. The van der Waals surface area contributed by atoms with Gasteiger partial charge in [0.05, 0.1) is 4.91 Å². The zero-order chi connectivity index (χ0) is 20.1. The highest BCUT2D eigenvalue weighted by molar-refractivity contribution is 8.26. The molecule has 1 heterocycles. The molecule has 1 aliphatic rings. The predicted octanol–water partition coefficient (Wildman–Crippen LogP) is 4.15. The molecule has 0 radical (unpaired) electrons. The number of phenolic OH excluding ortho intramolecular Hbond substituents is 1. The Balaban J connectivity index is 1.53. The Morgan fingerprint density at radius 2 is 2.00 bits per heavy atom. The van der Waals surface area contributed by atoms with Crippen LogP contribution in [0, 0.1) is 5.82 Å². The molecule has 2 N–H and O–H groups in total. The first kappa shape index (κ1) is 20.0. The van der Waals surface area contributed by atoms with Crippen molar-refractivity contribution in [2.24, 2.45) is 0 Å². The molecule has 0 saturated carbocycles. The fourth-order valence-electron chi connectivity index (χ4n) is 2.61. The van der Waals surface area contributed by atoms with Crippen molar-refractivity contribution < 1.29 is 19.1 Å². The largest absolute Gasteiger partial charge is 0.508 e. The Bertz CT molecular complexity index is 945. The van der Waals surface area contributed by atoms with Crippen molar-refractivity contribution in [3.05, 3.63) is 64.8 Å². The lowest BCUT2D eigenvalue weighted by Crippen LogP contribution is -2.29. The summed E-state index contributed by atoms with van der Waals surface area (Å²) in [7, 11) is 0. The summed E-state index contributed by atoms with van der Waals surface area (Å²) in [4.78, 5) is 26.5. The second-order valence-corrected chi connectivity index (χ2v) is 7.76. The van der Waals surface area contributed by atoms with Gasteiger partial charge in [-0.25, -0.2) is 4.39 Å². The number of anilines is 1. The van der Waals surface area contributed by atoms with Gasteiger partial charge in [0, 0.05) is 18.7 Å². The van der Waals surface area contributed by atoms with Crippen molar-refractivity contribution in [1.82, 2.24) is 4.90 Å². The van der Waals surface area contributed by atoms with E-state index in [1.165, 1.54) is 40.9 Å². The van der Waals surface area contributed by atoms with E-state index in [9.17, 15) is 19.1 Å².